The number of ether oxygens (including phenoxy) is 1. The second-order valence-corrected chi connectivity index (χ2v) is 8.21. The highest BCUT2D eigenvalue weighted by Crippen LogP contribution is 2.45. The van der Waals surface area contributed by atoms with Crippen LogP contribution >= 0.6 is 0 Å². The molecule has 1 fully saturated rings. The molecule has 0 spiro atoms. The van der Waals surface area contributed by atoms with Crippen molar-refractivity contribution in [1.82, 2.24) is 0 Å². The van der Waals surface area contributed by atoms with Gasteiger partial charge in [-0.1, -0.05) is 36.4 Å². The Balaban J connectivity index is 2.04. The fourth-order valence-electron chi connectivity index (χ4n) is 4.47. The molecule has 0 saturated carbocycles. The van der Waals surface area contributed by atoms with Gasteiger partial charge in [0.2, 0.25) is 0 Å². The summed E-state index contributed by atoms with van der Waals surface area (Å²) in [5, 5.41) is 21.6. The molecule has 1 unspecified atom stereocenters. The normalized spacial score (nSPS) is 17.5. The van der Waals surface area contributed by atoms with Gasteiger partial charge in [0.25, 0.3) is 11.7 Å². The van der Waals surface area contributed by atoms with Crippen molar-refractivity contribution in [2.75, 3.05) is 12.0 Å². The van der Waals surface area contributed by atoms with Gasteiger partial charge in [0, 0.05) is 5.69 Å². The molecular weight excluding hydrogens is 418 g/mol. The molecule has 3 aromatic carbocycles. The van der Waals surface area contributed by atoms with E-state index in [0.29, 0.717) is 22.6 Å². The fraction of sp³-hybridized carbons (Fsp3) is 0.185. The summed E-state index contributed by atoms with van der Waals surface area (Å²) in [6, 6.07) is 16.3. The average molecular weight is 443 g/mol. The van der Waals surface area contributed by atoms with E-state index >= 15 is 0 Å². The Kier molecular flexibility index (Phi) is 5.68. The van der Waals surface area contributed by atoms with Crippen LogP contribution in [0.4, 0.5) is 5.69 Å². The van der Waals surface area contributed by atoms with Crippen LogP contribution in [-0.2, 0) is 9.59 Å². The van der Waals surface area contributed by atoms with Crippen molar-refractivity contribution in [3.63, 3.8) is 0 Å². The highest BCUT2D eigenvalue weighted by Gasteiger charge is 2.47. The summed E-state index contributed by atoms with van der Waals surface area (Å²) in [5.74, 6) is -1.45. The highest BCUT2D eigenvalue weighted by atomic mass is 16.5. The van der Waals surface area contributed by atoms with Gasteiger partial charge in [0.15, 0.2) is 0 Å². The highest BCUT2D eigenvalue weighted by molar-refractivity contribution is 6.51. The number of rotatable bonds is 4. The van der Waals surface area contributed by atoms with Crippen LogP contribution in [0.2, 0.25) is 0 Å². The van der Waals surface area contributed by atoms with Gasteiger partial charge < -0.3 is 14.9 Å². The number of para-hydroxylation sites is 1. The number of aliphatic hydroxyl groups is 1. The van der Waals surface area contributed by atoms with E-state index in [1.807, 2.05) is 39.0 Å². The van der Waals surface area contributed by atoms with E-state index in [0.717, 1.165) is 16.7 Å². The predicted octanol–water partition coefficient (Wildman–Crippen LogP) is 4.95. The predicted molar refractivity (Wildman–Crippen MR) is 127 cm³/mol. The molecule has 0 aromatic heterocycles. The number of anilines is 1. The van der Waals surface area contributed by atoms with Crippen LogP contribution in [0.5, 0.6) is 11.5 Å². The third-order valence-electron chi connectivity index (χ3n) is 5.88. The number of hydrogen-bond acceptors (Lipinski definition) is 5. The number of methoxy groups -OCH3 is 1. The number of nitrogens with zero attached hydrogens (tertiary/aromatic N) is 1. The van der Waals surface area contributed by atoms with Crippen molar-refractivity contribution in [1.29, 1.82) is 0 Å². The van der Waals surface area contributed by atoms with Gasteiger partial charge >= 0.3 is 0 Å². The topological polar surface area (TPSA) is 87.1 Å². The standard InChI is InChI=1S/C27H25NO5/c1-15-12-17(3)26(33-4)20(13-15)24(30)22-23(18-9-7-10-19(29)14-18)28(27(32)25(22)31)21-11-6-5-8-16(21)2/h5-14,23,29-30H,1-4H3/b24-22+. The summed E-state index contributed by atoms with van der Waals surface area (Å²) in [6.07, 6.45) is 0. The summed E-state index contributed by atoms with van der Waals surface area (Å²) >= 11 is 0. The van der Waals surface area contributed by atoms with Crippen molar-refractivity contribution in [2.45, 2.75) is 26.8 Å². The minimum Gasteiger partial charge on any atom is -0.508 e. The van der Waals surface area contributed by atoms with Crippen LogP contribution in [0.25, 0.3) is 5.76 Å². The monoisotopic (exact) mass is 443 g/mol. The van der Waals surface area contributed by atoms with Crippen LogP contribution in [0.1, 0.15) is 33.9 Å². The van der Waals surface area contributed by atoms with Crippen LogP contribution in [0.15, 0.2) is 66.2 Å². The Hall–Kier alpha value is -4.06. The Bertz CT molecular complexity index is 1310. The molecule has 1 heterocycles. The first-order chi connectivity index (χ1) is 15.7. The smallest absolute Gasteiger partial charge is 0.300 e. The minimum absolute atomic E-state index is 0.00754. The zero-order chi connectivity index (χ0) is 23.9. The molecular formula is C27H25NO5. The molecule has 168 valence electrons. The summed E-state index contributed by atoms with van der Waals surface area (Å²) in [5.41, 5.74) is 3.80. The molecule has 1 aliphatic heterocycles. The number of aromatic hydroxyl groups is 1. The van der Waals surface area contributed by atoms with Crippen molar-refractivity contribution in [3.05, 3.63) is 94.1 Å². The fourth-order valence-corrected chi connectivity index (χ4v) is 4.47. The van der Waals surface area contributed by atoms with Gasteiger partial charge in [-0.25, -0.2) is 0 Å². The van der Waals surface area contributed by atoms with Crippen molar-refractivity contribution in [3.8, 4) is 11.5 Å². The van der Waals surface area contributed by atoms with Gasteiger partial charge in [-0.15, -0.1) is 0 Å². The minimum atomic E-state index is -0.927. The second-order valence-electron chi connectivity index (χ2n) is 8.21. The maximum atomic E-state index is 13.3. The summed E-state index contributed by atoms with van der Waals surface area (Å²) in [4.78, 5) is 28.0. The molecule has 1 aliphatic rings. The molecule has 6 nitrogen and oxygen atoms in total. The molecule has 1 amide bonds. The van der Waals surface area contributed by atoms with Crippen LogP contribution < -0.4 is 9.64 Å². The van der Waals surface area contributed by atoms with Crippen LogP contribution in [0, 0.1) is 20.8 Å². The molecule has 3 aromatic rings. The largest absolute Gasteiger partial charge is 0.508 e. The van der Waals surface area contributed by atoms with Crippen LogP contribution in [-0.4, -0.2) is 29.0 Å². The van der Waals surface area contributed by atoms with E-state index in [4.69, 9.17) is 4.74 Å². The lowest BCUT2D eigenvalue weighted by molar-refractivity contribution is -0.132. The molecule has 1 saturated heterocycles. The first-order valence-corrected chi connectivity index (χ1v) is 10.6. The van der Waals surface area contributed by atoms with Gasteiger partial charge in [-0.2, -0.15) is 0 Å². The van der Waals surface area contributed by atoms with Crippen molar-refractivity contribution >= 4 is 23.1 Å². The number of ketones is 1. The first kappa shape index (κ1) is 22.1. The molecule has 4 rings (SSSR count). The SMILES string of the molecule is COc1c(C)cc(C)cc1/C(O)=C1\C(=O)C(=O)N(c2ccccc2C)C1c1cccc(O)c1. The number of carbonyl (C=O) groups excluding carboxylic acids is 2. The maximum Gasteiger partial charge on any atom is 0.300 e. The van der Waals surface area contributed by atoms with Gasteiger partial charge in [-0.3, -0.25) is 14.5 Å². The quantitative estimate of drug-likeness (QED) is 0.338. The zero-order valence-corrected chi connectivity index (χ0v) is 18.9. The molecule has 1 atom stereocenters. The number of aryl methyl sites for hydroxylation is 3. The molecule has 6 heteroatoms. The van der Waals surface area contributed by atoms with Crippen molar-refractivity contribution < 1.29 is 24.5 Å². The lowest BCUT2D eigenvalue weighted by atomic mass is 9.93. The Morgan fingerprint density at radius 2 is 1.67 bits per heavy atom. The van der Waals surface area contributed by atoms with Gasteiger partial charge in [0.1, 0.15) is 17.3 Å². The Morgan fingerprint density at radius 1 is 0.939 bits per heavy atom. The molecule has 2 N–H and O–H groups in total. The van der Waals surface area contributed by atoms with E-state index in [1.54, 1.807) is 30.3 Å². The van der Waals surface area contributed by atoms with Gasteiger partial charge in [0.05, 0.1) is 24.3 Å². The zero-order valence-electron chi connectivity index (χ0n) is 18.9. The number of hydrogen-bond donors (Lipinski definition) is 2. The Morgan fingerprint density at radius 3 is 2.33 bits per heavy atom. The lowest BCUT2D eigenvalue weighted by Gasteiger charge is -2.27. The number of phenolic OH excluding ortho intramolecular Hbond substituents is 1. The second kappa shape index (κ2) is 8.47. The van der Waals surface area contributed by atoms with E-state index in [9.17, 15) is 19.8 Å². The number of carbonyl (C=O) groups is 2. The summed E-state index contributed by atoms with van der Waals surface area (Å²) < 4.78 is 5.52. The van der Waals surface area contributed by atoms with Gasteiger partial charge in [-0.05, 0) is 67.3 Å². The van der Waals surface area contributed by atoms with Crippen molar-refractivity contribution in [2.24, 2.45) is 0 Å². The molecule has 33 heavy (non-hydrogen) atoms. The first-order valence-electron chi connectivity index (χ1n) is 10.6. The number of aliphatic hydroxyl groups excluding tert-OH is 1. The Labute approximate surface area is 192 Å². The number of Topliss-reactive ketones (excluding diaryl/α,β-unsaturated/α-hetero) is 1. The number of amides is 1. The molecule has 0 aliphatic carbocycles. The molecule has 0 bridgehead atoms. The average Bonchev–Trinajstić information content (AvgIpc) is 3.04. The van der Waals surface area contributed by atoms with Crippen LogP contribution in [0.3, 0.4) is 0 Å². The maximum absolute atomic E-state index is 13.3. The van der Waals surface area contributed by atoms with E-state index in [-0.39, 0.29) is 17.1 Å². The number of phenols is 1. The lowest BCUT2D eigenvalue weighted by Crippen LogP contribution is -2.30. The number of benzene rings is 3. The van der Waals surface area contributed by atoms with E-state index in [1.165, 1.54) is 24.1 Å². The van der Waals surface area contributed by atoms with E-state index < -0.39 is 17.7 Å². The third-order valence-corrected chi connectivity index (χ3v) is 5.88. The molecule has 0 radical (unpaired) electrons. The summed E-state index contributed by atoms with van der Waals surface area (Å²) in [6.45, 7) is 5.57. The summed E-state index contributed by atoms with van der Waals surface area (Å²) in [7, 11) is 1.49. The van der Waals surface area contributed by atoms with E-state index in [2.05, 4.69) is 0 Å². The third kappa shape index (κ3) is 3.74.